The first kappa shape index (κ1) is 14.0. The van der Waals surface area contributed by atoms with Gasteiger partial charge >= 0.3 is 0 Å². The van der Waals surface area contributed by atoms with Gasteiger partial charge in [-0.3, -0.25) is 9.63 Å². The van der Waals surface area contributed by atoms with Gasteiger partial charge < -0.3 is 0 Å². The van der Waals surface area contributed by atoms with Gasteiger partial charge in [0, 0.05) is 5.56 Å². The molecule has 0 fully saturated rings. The molecule has 0 aliphatic carbocycles. The number of nitrogens with zero attached hydrogens (tertiary/aromatic N) is 1. The van der Waals surface area contributed by atoms with Crippen LogP contribution in [0.25, 0.3) is 10.6 Å². The molecule has 0 aliphatic rings. The number of hydrogen-bond donors (Lipinski definition) is 1. The highest BCUT2D eigenvalue weighted by molar-refractivity contribution is 7.17. The highest BCUT2D eigenvalue weighted by Gasteiger charge is 2.17. The van der Waals surface area contributed by atoms with Gasteiger partial charge in [-0.25, -0.2) is 10.5 Å². The third-order valence-corrected chi connectivity index (χ3v) is 3.94. The summed E-state index contributed by atoms with van der Waals surface area (Å²) in [4.78, 5) is 21.7. The molecule has 2 aromatic rings. The lowest BCUT2D eigenvalue weighted by atomic mass is 10.2. The zero-order chi connectivity index (χ0) is 13.8. The number of rotatable bonds is 4. The normalized spacial score (nSPS) is 10.5. The highest BCUT2D eigenvalue weighted by Crippen LogP contribution is 2.32. The number of aromatic nitrogens is 1. The van der Waals surface area contributed by atoms with Crippen molar-refractivity contribution in [3.63, 3.8) is 0 Å². The number of carbonyl (C=O) groups excluding carboxylic acids is 1. The first-order chi connectivity index (χ1) is 9.13. The van der Waals surface area contributed by atoms with Crippen LogP contribution in [-0.4, -0.2) is 17.5 Å². The molecule has 4 nitrogen and oxygen atoms in total. The van der Waals surface area contributed by atoms with Crippen LogP contribution in [0.2, 0.25) is 5.02 Å². The van der Waals surface area contributed by atoms with Crippen LogP contribution in [0.1, 0.15) is 22.3 Å². The zero-order valence-electron chi connectivity index (χ0n) is 10.6. The Balaban J connectivity index is 2.31. The van der Waals surface area contributed by atoms with Crippen molar-refractivity contribution in [2.75, 3.05) is 6.61 Å². The van der Waals surface area contributed by atoms with Gasteiger partial charge in [0.05, 0.1) is 17.3 Å². The summed E-state index contributed by atoms with van der Waals surface area (Å²) in [7, 11) is 0. The Morgan fingerprint density at radius 2 is 2.21 bits per heavy atom. The van der Waals surface area contributed by atoms with Gasteiger partial charge in [-0.15, -0.1) is 11.3 Å². The fourth-order valence-electron chi connectivity index (χ4n) is 1.54. The average Bonchev–Trinajstić information content (AvgIpc) is 2.78. The van der Waals surface area contributed by atoms with Crippen LogP contribution in [0.5, 0.6) is 0 Å². The van der Waals surface area contributed by atoms with E-state index in [1.807, 2.05) is 18.2 Å². The van der Waals surface area contributed by atoms with Crippen molar-refractivity contribution < 1.29 is 9.63 Å². The van der Waals surface area contributed by atoms with Crippen LogP contribution >= 0.6 is 22.9 Å². The molecule has 2 rings (SSSR count). The summed E-state index contributed by atoms with van der Waals surface area (Å²) >= 11 is 7.42. The van der Waals surface area contributed by atoms with Crippen molar-refractivity contribution in [1.29, 1.82) is 0 Å². The molecule has 1 heterocycles. The third-order valence-electron chi connectivity index (χ3n) is 2.42. The lowest BCUT2D eigenvalue weighted by molar-refractivity contribution is 0.0367. The molecule has 0 spiro atoms. The largest absolute Gasteiger partial charge is 0.286 e. The number of benzene rings is 1. The van der Waals surface area contributed by atoms with Crippen LogP contribution < -0.4 is 5.48 Å². The Hall–Kier alpha value is -1.43. The SMILES string of the molecule is CCONC(=O)c1sc(-c2ccccc2Cl)nc1C. The second-order valence-corrected chi connectivity index (χ2v) is 5.18. The Morgan fingerprint density at radius 1 is 1.47 bits per heavy atom. The van der Waals surface area contributed by atoms with Crippen LogP contribution in [-0.2, 0) is 4.84 Å². The van der Waals surface area contributed by atoms with Gasteiger partial charge in [0.1, 0.15) is 9.88 Å². The van der Waals surface area contributed by atoms with Crippen molar-refractivity contribution in [2.45, 2.75) is 13.8 Å². The number of nitrogens with one attached hydrogen (secondary N) is 1. The number of halogens is 1. The topological polar surface area (TPSA) is 51.2 Å². The van der Waals surface area contributed by atoms with E-state index in [1.165, 1.54) is 11.3 Å². The maximum absolute atomic E-state index is 11.9. The molecular weight excluding hydrogens is 284 g/mol. The maximum atomic E-state index is 11.9. The molecule has 0 radical (unpaired) electrons. The van der Waals surface area contributed by atoms with Crippen molar-refractivity contribution in [3.8, 4) is 10.6 Å². The maximum Gasteiger partial charge on any atom is 0.286 e. The summed E-state index contributed by atoms with van der Waals surface area (Å²) in [6.07, 6.45) is 0. The van der Waals surface area contributed by atoms with E-state index < -0.39 is 0 Å². The molecule has 0 saturated heterocycles. The molecule has 1 amide bonds. The molecule has 1 N–H and O–H groups in total. The predicted octanol–water partition coefficient (Wildman–Crippen LogP) is 3.45. The molecule has 0 saturated carbocycles. The standard InChI is InChI=1S/C13H13ClN2O2S/c1-3-18-16-12(17)11-8(2)15-13(19-11)9-6-4-5-7-10(9)14/h4-7H,3H2,1-2H3,(H,16,17). The van der Waals surface area contributed by atoms with E-state index in [4.69, 9.17) is 16.4 Å². The van der Waals surface area contributed by atoms with E-state index in [-0.39, 0.29) is 5.91 Å². The molecule has 0 atom stereocenters. The van der Waals surface area contributed by atoms with Crippen molar-refractivity contribution in [1.82, 2.24) is 10.5 Å². The van der Waals surface area contributed by atoms with Gasteiger partial charge in [0.25, 0.3) is 5.91 Å². The third kappa shape index (κ3) is 3.12. The summed E-state index contributed by atoms with van der Waals surface area (Å²) in [6, 6.07) is 7.42. The smallest absolute Gasteiger partial charge is 0.274 e. The molecule has 19 heavy (non-hydrogen) atoms. The molecule has 100 valence electrons. The number of carbonyl (C=O) groups is 1. The summed E-state index contributed by atoms with van der Waals surface area (Å²) in [5.41, 5.74) is 3.86. The fraction of sp³-hybridized carbons (Fsp3) is 0.231. The first-order valence-corrected chi connectivity index (χ1v) is 6.97. The molecule has 0 unspecified atom stereocenters. The quantitative estimate of drug-likeness (QED) is 0.879. The van der Waals surface area contributed by atoms with Crippen molar-refractivity contribution >= 4 is 28.8 Å². The predicted molar refractivity (Wildman–Crippen MR) is 76.4 cm³/mol. The summed E-state index contributed by atoms with van der Waals surface area (Å²) in [5, 5.41) is 1.35. The van der Waals surface area contributed by atoms with E-state index >= 15 is 0 Å². The van der Waals surface area contributed by atoms with Gasteiger partial charge in [-0.1, -0.05) is 29.8 Å². The Kier molecular flexibility index (Phi) is 4.52. The number of hydrogen-bond acceptors (Lipinski definition) is 4. The number of thiazole rings is 1. The minimum absolute atomic E-state index is 0.282. The van der Waals surface area contributed by atoms with E-state index in [0.29, 0.717) is 22.2 Å². The minimum Gasteiger partial charge on any atom is -0.274 e. The van der Waals surface area contributed by atoms with Crippen LogP contribution in [0.3, 0.4) is 0 Å². The lowest BCUT2D eigenvalue weighted by Crippen LogP contribution is -2.23. The first-order valence-electron chi connectivity index (χ1n) is 5.78. The second kappa shape index (κ2) is 6.14. The zero-order valence-corrected chi connectivity index (χ0v) is 12.1. The minimum atomic E-state index is -0.282. The Morgan fingerprint density at radius 3 is 2.89 bits per heavy atom. The van der Waals surface area contributed by atoms with Crippen molar-refractivity contribution in [2.24, 2.45) is 0 Å². The molecule has 6 heteroatoms. The summed E-state index contributed by atoms with van der Waals surface area (Å²) < 4.78 is 0. The molecular formula is C13H13ClN2O2S. The summed E-state index contributed by atoms with van der Waals surface area (Å²) in [5.74, 6) is -0.282. The molecule has 0 aliphatic heterocycles. The Bertz CT molecular complexity index is 598. The highest BCUT2D eigenvalue weighted by atomic mass is 35.5. The Labute approximate surface area is 120 Å². The van der Waals surface area contributed by atoms with Crippen LogP contribution in [0.4, 0.5) is 0 Å². The number of amides is 1. The van der Waals surface area contributed by atoms with Gasteiger partial charge in [0.15, 0.2) is 0 Å². The molecule has 1 aromatic carbocycles. The second-order valence-electron chi connectivity index (χ2n) is 3.78. The molecule has 1 aromatic heterocycles. The molecule has 0 bridgehead atoms. The average molecular weight is 297 g/mol. The number of aryl methyl sites for hydroxylation is 1. The van der Waals surface area contributed by atoms with Gasteiger partial charge in [-0.05, 0) is 19.9 Å². The van der Waals surface area contributed by atoms with E-state index in [1.54, 1.807) is 19.9 Å². The van der Waals surface area contributed by atoms with Gasteiger partial charge in [0.2, 0.25) is 0 Å². The summed E-state index contributed by atoms with van der Waals surface area (Å²) in [6.45, 7) is 4.01. The number of hydroxylamine groups is 1. The van der Waals surface area contributed by atoms with Crippen molar-refractivity contribution in [3.05, 3.63) is 39.9 Å². The van der Waals surface area contributed by atoms with Gasteiger partial charge in [-0.2, -0.15) is 0 Å². The van der Waals surface area contributed by atoms with Crippen LogP contribution in [0, 0.1) is 6.92 Å². The van der Waals surface area contributed by atoms with E-state index in [2.05, 4.69) is 10.5 Å². The lowest BCUT2D eigenvalue weighted by Gasteiger charge is -2.01. The van der Waals surface area contributed by atoms with Crippen LogP contribution in [0.15, 0.2) is 24.3 Å². The van der Waals surface area contributed by atoms with E-state index in [0.717, 1.165) is 10.6 Å². The monoisotopic (exact) mass is 296 g/mol. The van der Waals surface area contributed by atoms with E-state index in [9.17, 15) is 4.79 Å². The fourth-order valence-corrected chi connectivity index (χ4v) is 2.81.